The molecule has 0 fully saturated rings. The van der Waals surface area contributed by atoms with E-state index in [9.17, 15) is 4.79 Å². The summed E-state index contributed by atoms with van der Waals surface area (Å²) in [5, 5.41) is 0. The molecule has 0 spiro atoms. The minimum atomic E-state index is 0.351. The predicted octanol–water partition coefficient (Wildman–Crippen LogP) is 1.49. The van der Waals surface area contributed by atoms with Gasteiger partial charge >= 0.3 is 0 Å². The summed E-state index contributed by atoms with van der Waals surface area (Å²) in [6.07, 6.45) is 0.748. The van der Waals surface area contributed by atoms with Crippen LogP contribution in [0.5, 0.6) is 11.5 Å². The van der Waals surface area contributed by atoms with Crippen molar-refractivity contribution >= 4 is 22.2 Å². The van der Waals surface area contributed by atoms with Gasteiger partial charge in [0.2, 0.25) is 0 Å². The lowest BCUT2D eigenvalue weighted by molar-refractivity contribution is 0.111. The van der Waals surface area contributed by atoms with Crippen LogP contribution in [0.15, 0.2) is 10.5 Å². The number of ether oxygens (including phenoxy) is 2. The van der Waals surface area contributed by atoms with Gasteiger partial charge in [0.05, 0.1) is 5.56 Å². The molecular formula is C10H10BrNO3. The minimum absolute atomic E-state index is 0.351. The number of benzene rings is 1. The van der Waals surface area contributed by atoms with Gasteiger partial charge in [-0.2, -0.15) is 0 Å². The fraction of sp³-hybridized carbons (Fsp3) is 0.300. The van der Waals surface area contributed by atoms with Crippen molar-refractivity contribution in [2.45, 2.75) is 6.54 Å². The van der Waals surface area contributed by atoms with E-state index < -0.39 is 0 Å². The molecule has 15 heavy (non-hydrogen) atoms. The van der Waals surface area contributed by atoms with Crippen molar-refractivity contribution in [2.24, 2.45) is 5.73 Å². The second-order valence-electron chi connectivity index (χ2n) is 3.11. The number of aldehydes is 1. The maximum Gasteiger partial charge on any atom is 0.173 e. The maximum absolute atomic E-state index is 10.9. The third-order valence-corrected chi connectivity index (χ3v) is 2.87. The number of halogens is 1. The van der Waals surface area contributed by atoms with E-state index in [1.165, 1.54) is 0 Å². The highest BCUT2D eigenvalue weighted by Crippen LogP contribution is 2.40. The van der Waals surface area contributed by atoms with Crippen LogP contribution in [0, 0.1) is 0 Å². The van der Waals surface area contributed by atoms with Gasteiger partial charge in [-0.25, -0.2) is 0 Å². The molecule has 0 aromatic heterocycles. The molecule has 1 aliphatic heterocycles. The number of hydrogen-bond donors (Lipinski definition) is 1. The molecule has 0 atom stereocenters. The van der Waals surface area contributed by atoms with Crippen molar-refractivity contribution < 1.29 is 14.3 Å². The number of rotatable bonds is 2. The molecule has 4 nitrogen and oxygen atoms in total. The van der Waals surface area contributed by atoms with Crippen molar-refractivity contribution in [1.29, 1.82) is 0 Å². The lowest BCUT2D eigenvalue weighted by atomic mass is 10.1. The van der Waals surface area contributed by atoms with Crippen LogP contribution in [-0.2, 0) is 6.54 Å². The summed E-state index contributed by atoms with van der Waals surface area (Å²) in [6, 6.07) is 1.79. The number of carbonyl (C=O) groups is 1. The molecule has 0 saturated heterocycles. The van der Waals surface area contributed by atoms with E-state index in [0.29, 0.717) is 41.3 Å². The summed E-state index contributed by atoms with van der Waals surface area (Å²) in [4.78, 5) is 10.9. The standard InChI is InChI=1S/C10H10BrNO3/c11-8-3-6(4-12)9-10(7(8)5-13)15-2-1-14-9/h3,5H,1-2,4,12H2. The first kappa shape index (κ1) is 10.4. The van der Waals surface area contributed by atoms with Crippen LogP contribution >= 0.6 is 15.9 Å². The van der Waals surface area contributed by atoms with Crippen molar-refractivity contribution in [2.75, 3.05) is 13.2 Å². The Morgan fingerprint density at radius 1 is 1.40 bits per heavy atom. The number of hydrogen-bond acceptors (Lipinski definition) is 4. The fourth-order valence-electron chi connectivity index (χ4n) is 1.52. The van der Waals surface area contributed by atoms with Crippen molar-refractivity contribution in [3.05, 3.63) is 21.7 Å². The number of fused-ring (bicyclic) bond motifs is 1. The zero-order chi connectivity index (χ0) is 10.8. The molecule has 0 unspecified atom stereocenters. The quantitative estimate of drug-likeness (QED) is 0.828. The van der Waals surface area contributed by atoms with Crippen LogP contribution in [0.25, 0.3) is 0 Å². The topological polar surface area (TPSA) is 61.6 Å². The normalized spacial score (nSPS) is 13.7. The van der Waals surface area contributed by atoms with Gasteiger partial charge < -0.3 is 15.2 Å². The highest BCUT2D eigenvalue weighted by molar-refractivity contribution is 9.10. The fourth-order valence-corrected chi connectivity index (χ4v) is 2.07. The van der Waals surface area contributed by atoms with Gasteiger partial charge in [-0.05, 0) is 22.0 Å². The smallest absolute Gasteiger partial charge is 0.173 e. The summed E-state index contributed by atoms with van der Waals surface area (Å²) in [7, 11) is 0. The second kappa shape index (κ2) is 4.20. The summed E-state index contributed by atoms with van der Waals surface area (Å²) < 4.78 is 11.6. The molecule has 2 N–H and O–H groups in total. The van der Waals surface area contributed by atoms with E-state index in [0.717, 1.165) is 11.8 Å². The van der Waals surface area contributed by atoms with Gasteiger partial charge in [-0.3, -0.25) is 4.79 Å². The van der Waals surface area contributed by atoms with Gasteiger partial charge in [0.1, 0.15) is 13.2 Å². The molecule has 0 amide bonds. The molecule has 1 aliphatic rings. The Hall–Kier alpha value is -1.07. The second-order valence-corrected chi connectivity index (χ2v) is 3.96. The monoisotopic (exact) mass is 271 g/mol. The van der Waals surface area contributed by atoms with Crippen LogP contribution in [0.2, 0.25) is 0 Å². The maximum atomic E-state index is 10.9. The summed E-state index contributed by atoms with van der Waals surface area (Å²) >= 11 is 3.30. The molecule has 1 aromatic rings. The number of carbonyl (C=O) groups excluding carboxylic acids is 1. The Labute approximate surface area is 95.5 Å². The highest BCUT2D eigenvalue weighted by atomic mass is 79.9. The van der Waals surface area contributed by atoms with E-state index in [1.54, 1.807) is 6.07 Å². The van der Waals surface area contributed by atoms with Crippen molar-refractivity contribution in [1.82, 2.24) is 0 Å². The highest BCUT2D eigenvalue weighted by Gasteiger charge is 2.21. The van der Waals surface area contributed by atoms with Gasteiger partial charge in [-0.15, -0.1) is 0 Å². The van der Waals surface area contributed by atoms with Crippen molar-refractivity contribution in [3.8, 4) is 11.5 Å². The summed E-state index contributed by atoms with van der Waals surface area (Å²) in [5.41, 5.74) is 6.90. The summed E-state index contributed by atoms with van der Waals surface area (Å²) in [5.74, 6) is 1.08. The van der Waals surface area contributed by atoms with Crippen LogP contribution in [0.3, 0.4) is 0 Å². The molecule has 0 aliphatic carbocycles. The van der Waals surface area contributed by atoms with Crippen molar-refractivity contribution in [3.63, 3.8) is 0 Å². The van der Waals surface area contributed by atoms with Gasteiger partial charge in [0.25, 0.3) is 0 Å². The van der Waals surface area contributed by atoms with E-state index >= 15 is 0 Å². The lowest BCUT2D eigenvalue weighted by Crippen LogP contribution is -2.19. The van der Waals surface area contributed by atoms with E-state index in [1.807, 2.05) is 0 Å². The van der Waals surface area contributed by atoms with Gasteiger partial charge in [0.15, 0.2) is 17.8 Å². The Balaban J connectivity index is 2.65. The van der Waals surface area contributed by atoms with Crippen LogP contribution in [0.4, 0.5) is 0 Å². The minimum Gasteiger partial charge on any atom is -0.486 e. The van der Waals surface area contributed by atoms with E-state index in [4.69, 9.17) is 15.2 Å². The van der Waals surface area contributed by atoms with Gasteiger partial charge in [0, 0.05) is 16.6 Å². The lowest BCUT2D eigenvalue weighted by Gasteiger charge is -2.22. The third kappa shape index (κ3) is 1.72. The Kier molecular flexibility index (Phi) is 2.93. The zero-order valence-corrected chi connectivity index (χ0v) is 9.54. The molecule has 80 valence electrons. The average Bonchev–Trinajstić information content (AvgIpc) is 2.28. The largest absolute Gasteiger partial charge is 0.486 e. The molecule has 0 saturated carbocycles. The van der Waals surface area contributed by atoms with E-state index in [2.05, 4.69) is 15.9 Å². The summed E-state index contributed by atoms with van der Waals surface area (Å²) in [6.45, 7) is 1.29. The molecule has 1 heterocycles. The van der Waals surface area contributed by atoms with E-state index in [-0.39, 0.29) is 0 Å². The third-order valence-electron chi connectivity index (χ3n) is 2.21. The van der Waals surface area contributed by atoms with Gasteiger partial charge in [-0.1, -0.05) is 0 Å². The molecule has 2 rings (SSSR count). The Morgan fingerprint density at radius 3 is 2.67 bits per heavy atom. The molecule has 0 bridgehead atoms. The van der Waals surface area contributed by atoms with Crippen LogP contribution in [-0.4, -0.2) is 19.5 Å². The SMILES string of the molecule is NCc1cc(Br)c(C=O)c2c1OCCO2. The molecule has 5 heteroatoms. The van der Waals surface area contributed by atoms with Crippen LogP contribution in [0.1, 0.15) is 15.9 Å². The first-order chi connectivity index (χ1) is 7.27. The zero-order valence-electron chi connectivity index (χ0n) is 7.96. The molecule has 1 aromatic carbocycles. The average molecular weight is 272 g/mol. The Morgan fingerprint density at radius 2 is 2.07 bits per heavy atom. The number of nitrogens with two attached hydrogens (primary N) is 1. The molecular weight excluding hydrogens is 262 g/mol. The predicted molar refractivity (Wildman–Crippen MR) is 58.4 cm³/mol. The molecule has 0 radical (unpaired) electrons. The Bertz CT molecular complexity index is 406. The first-order valence-electron chi connectivity index (χ1n) is 4.54. The van der Waals surface area contributed by atoms with Crippen LogP contribution < -0.4 is 15.2 Å². The first-order valence-corrected chi connectivity index (χ1v) is 5.33.